The summed E-state index contributed by atoms with van der Waals surface area (Å²) in [5.74, 6) is 0.823. The van der Waals surface area contributed by atoms with E-state index in [1.165, 1.54) is 12.1 Å². The minimum Gasteiger partial charge on any atom is -0.493 e. The Morgan fingerprint density at radius 2 is 2.07 bits per heavy atom. The van der Waals surface area contributed by atoms with E-state index in [1.54, 1.807) is 6.92 Å². The highest BCUT2D eigenvalue weighted by Crippen LogP contribution is 2.25. The molecule has 1 aliphatic rings. The van der Waals surface area contributed by atoms with Crippen LogP contribution in [0.25, 0.3) is 0 Å². The van der Waals surface area contributed by atoms with Crippen LogP contribution in [-0.4, -0.2) is 44.5 Å². The van der Waals surface area contributed by atoms with E-state index in [1.807, 2.05) is 0 Å². The largest absolute Gasteiger partial charge is 0.493 e. The normalized spacial score (nSPS) is 15.9. The lowest BCUT2D eigenvalue weighted by atomic mass is 9.92. The average Bonchev–Trinajstić information content (AvgIpc) is 3.05. The van der Waals surface area contributed by atoms with Gasteiger partial charge in [0.15, 0.2) is 15.7 Å². The van der Waals surface area contributed by atoms with E-state index in [0.29, 0.717) is 30.1 Å². The Balaban J connectivity index is 1.39. The Labute approximate surface area is 158 Å². The van der Waals surface area contributed by atoms with Crippen LogP contribution in [0.15, 0.2) is 27.6 Å². The smallest absolute Gasteiger partial charge is 0.324 e. The number of hydrogen-bond donors (Lipinski definition) is 0. The van der Waals surface area contributed by atoms with Gasteiger partial charge in [-0.05, 0) is 50.7 Å². The third kappa shape index (κ3) is 5.18. The van der Waals surface area contributed by atoms with Gasteiger partial charge < -0.3 is 14.2 Å². The number of rotatable bonds is 7. The number of benzene rings is 1. The van der Waals surface area contributed by atoms with Crippen LogP contribution in [0.5, 0.6) is 5.75 Å². The molecule has 0 saturated carbocycles. The van der Waals surface area contributed by atoms with E-state index in [-0.39, 0.29) is 4.90 Å². The molecule has 7 nitrogen and oxygen atoms in total. The van der Waals surface area contributed by atoms with E-state index in [4.69, 9.17) is 9.26 Å². The minimum absolute atomic E-state index is 0.307. The molecule has 0 atom stereocenters. The summed E-state index contributed by atoms with van der Waals surface area (Å²) in [4.78, 5) is 6.06. The number of hydrogen-bond acceptors (Lipinski definition) is 7. The molecule has 1 fully saturated rings. The molecule has 0 N–H and O–H groups in total. The predicted molar refractivity (Wildman–Crippen MR) is 98.2 cm³/mol. The Hall–Kier alpha value is -2.16. The van der Waals surface area contributed by atoms with Gasteiger partial charge in [-0.25, -0.2) is 12.8 Å². The summed E-state index contributed by atoms with van der Waals surface area (Å²) in [5.41, 5.74) is 0. The topological polar surface area (TPSA) is 85.5 Å². The van der Waals surface area contributed by atoms with Crippen molar-refractivity contribution >= 4 is 15.9 Å². The summed E-state index contributed by atoms with van der Waals surface area (Å²) in [5, 5.41) is 3.82. The van der Waals surface area contributed by atoms with Gasteiger partial charge in [0.2, 0.25) is 0 Å². The van der Waals surface area contributed by atoms with Crippen LogP contribution < -0.4 is 9.64 Å². The van der Waals surface area contributed by atoms with Gasteiger partial charge in [-0.15, -0.1) is 0 Å². The third-order valence-corrected chi connectivity index (χ3v) is 5.86. The number of ether oxygens (including phenoxy) is 1. The van der Waals surface area contributed by atoms with Gasteiger partial charge in [0, 0.05) is 25.4 Å². The van der Waals surface area contributed by atoms with Crippen molar-refractivity contribution in [3.05, 3.63) is 29.8 Å². The first-order chi connectivity index (χ1) is 12.8. The molecule has 9 heteroatoms. The second kappa shape index (κ2) is 8.24. The quantitative estimate of drug-likeness (QED) is 0.664. The van der Waals surface area contributed by atoms with Crippen LogP contribution >= 0.6 is 0 Å². The van der Waals surface area contributed by atoms with E-state index >= 15 is 0 Å². The second-order valence-corrected chi connectivity index (χ2v) is 8.89. The van der Waals surface area contributed by atoms with Crippen molar-refractivity contribution in [1.82, 2.24) is 10.1 Å². The summed E-state index contributed by atoms with van der Waals surface area (Å²) in [7, 11) is -3.56. The SMILES string of the molecule is Cc1noc(N2CCC(CCCOc3ccc(S(C)(=O)=O)c(F)c3)CC2)n1. The molecule has 0 amide bonds. The van der Waals surface area contributed by atoms with Gasteiger partial charge >= 0.3 is 6.01 Å². The molecule has 0 bridgehead atoms. The highest BCUT2D eigenvalue weighted by Gasteiger charge is 2.22. The van der Waals surface area contributed by atoms with Crippen LogP contribution in [0.1, 0.15) is 31.5 Å². The molecule has 2 aromatic rings. The summed E-state index contributed by atoms with van der Waals surface area (Å²) in [6.07, 6.45) is 4.98. The van der Waals surface area contributed by atoms with Crippen molar-refractivity contribution in [3.8, 4) is 5.75 Å². The summed E-state index contributed by atoms with van der Waals surface area (Å²) in [6, 6.07) is 4.45. The third-order valence-electron chi connectivity index (χ3n) is 4.73. The average molecular weight is 397 g/mol. The highest BCUT2D eigenvalue weighted by atomic mass is 32.2. The van der Waals surface area contributed by atoms with Crippen LogP contribution in [0.2, 0.25) is 0 Å². The van der Waals surface area contributed by atoms with E-state index in [0.717, 1.165) is 51.1 Å². The van der Waals surface area contributed by atoms with E-state index < -0.39 is 15.7 Å². The van der Waals surface area contributed by atoms with Crippen molar-refractivity contribution in [2.24, 2.45) is 5.92 Å². The number of sulfone groups is 1. The summed E-state index contributed by atoms with van der Waals surface area (Å²) in [6.45, 7) is 4.07. The molecule has 0 spiro atoms. The second-order valence-electron chi connectivity index (χ2n) is 6.91. The lowest BCUT2D eigenvalue weighted by Gasteiger charge is -2.30. The first-order valence-corrected chi connectivity index (χ1v) is 10.9. The van der Waals surface area contributed by atoms with Crippen molar-refractivity contribution in [3.63, 3.8) is 0 Å². The molecule has 148 valence electrons. The maximum Gasteiger partial charge on any atom is 0.324 e. The molecule has 1 saturated heterocycles. The van der Waals surface area contributed by atoms with Crippen molar-refractivity contribution in [2.75, 3.05) is 30.9 Å². The van der Waals surface area contributed by atoms with Gasteiger partial charge in [-0.2, -0.15) is 4.98 Å². The zero-order chi connectivity index (χ0) is 19.4. The number of piperidine rings is 1. The van der Waals surface area contributed by atoms with E-state index in [2.05, 4.69) is 15.0 Å². The molecular formula is C18H24FN3O4S. The minimum atomic E-state index is -3.56. The first kappa shape index (κ1) is 19.6. The fraction of sp³-hybridized carbons (Fsp3) is 0.556. The van der Waals surface area contributed by atoms with Crippen LogP contribution in [-0.2, 0) is 9.84 Å². The molecule has 0 radical (unpaired) electrons. The van der Waals surface area contributed by atoms with Gasteiger partial charge in [0.05, 0.1) is 6.61 Å². The number of nitrogens with zero attached hydrogens (tertiary/aromatic N) is 3. The number of halogens is 1. The van der Waals surface area contributed by atoms with Gasteiger partial charge in [0.1, 0.15) is 16.5 Å². The number of aryl methyl sites for hydroxylation is 1. The fourth-order valence-electron chi connectivity index (χ4n) is 3.26. The maximum atomic E-state index is 13.8. The monoisotopic (exact) mass is 397 g/mol. The van der Waals surface area contributed by atoms with Crippen molar-refractivity contribution in [2.45, 2.75) is 37.5 Å². The molecule has 0 aliphatic carbocycles. The molecule has 1 aromatic heterocycles. The number of anilines is 1. The first-order valence-electron chi connectivity index (χ1n) is 9.00. The van der Waals surface area contributed by atoms with Crippen LogP contribution in [0, 0.1) is 18.7 Å². The Kier molecular flexibility index (Phi) is 5.98. The zero-order valence-electron chi connectivity index (χ0n) is 15.5. The Morgan fingerprint density at radius 3 is 2.67 bits per heavy atom. The van der Waals surface area contributed by atoms with Gasteiger partial charge in [-0.1, -0.05) is 5.16 Å². The Bertz CT molecular complexity index is 876. The van der Waals surface area contributed by atoms with Crippen molar-refractivity contribution < 1.29 is 22.1 Å². The summed E-state index contributed by atoms with van der Waals surface area (Å²) < 4.78 is 47.4. The molecule has 27 heavy (non-hydrogen) atoms. The van der Waals surface area contributed by atoms with Crippen LogP contribution in [0.4, 0.5) is 10.4 Å². The lowest BCUT2D eigenvalue weighted by molar-refractivity contribution is 0.275. The predicted octanol–water partition coefficient (Wildman–Crippen LogP) is 3.00. The zero-order valence-corrected chi connectivity index (χ0v) is 16.3. The molecule has 1 aliphatic heterocycles. The summed E-state index contributed by atoms with van der Waals surface area (Å²) >= 11 is 0. The van der Waals surface area contributed by atoms with Gasteiger partial charge in [-0.3, -0.25) is 0 Å². The molecule has 1 aromatic carbocycles. The van der Waals surface area contributed by atoms with Crippen molar-refractivity contribution in [1.29, 1.82) is 0 Å². The molecule has 0 unspecified atom stereocenters. The fourth-order valence-corrected chi connectivity index (χ4v) is 3.99. The van der Waals surface area contributed by atoms with Gasteiger partial charge in [0.25, 0.3) is 0 Å². The number of aromatic nitrogens is 2. The standard InChI is InChI=1S/C18H24FN3O4S/c1-13-20-18(26-21-13)22-9-7-14(8-10-22)4-3-11-25-15-5-6-17(16(19)12-15)27(2,23)24/h5-6,12,14H,3-4,7-11H2,1-2H3. The molecular weight excluding hydrogens is 373 g/mol. The highest BCUT2D eigenvalue weighted by molar-refractivity contribution is 7.90. The van der Waals surface area contributed by atoms with E-state index in [9.17, 15) is 12.8 Å². The maximum absolute atomic E-state index is 13.8. The molecule has 2 heterocycles. The molecule has 3 rings (SSSR count). The Morgan fingerprint density at radius 1 is 1.33 bits per heavy atom. The van der Waals surface area contributed by atoms with Crippen LogP contribution in [0.3, 0.4) is 0 Å². The lowest BCUT2D eigenvalue weighted by Crippen LogP contribution is -2.34.